The molecule has 8 nitrogen and oxygen atoms in total. The molecule has 0 radical (unpaired) electrons. The van der Waals surface area contributed by atoms with Gasteiger partial charge in [0.2, 0.25) is 5.09 Å². The summed E-state index contributed by atoms with van der Waals surface area (Å²) in [5, 5.41) is 5.85. The Hall–Kier alpha value is -1.13. The molecule has 24 heavy (non-hydrogen) atoms. The number of hydrogen-bond donors (Lipinski definition) is 3. The summed E-state index contributed by atoms with van der Waals surface area (Å²) in [4.78, 5) is 14.5. The van der Waals surface area contributed by atoms with E-state index in [1.807, 2.05) is 0 Å². The summed E-state index contributed by atoms with van der Waals surface area (Å²) >= 11 is 0. The van der Waals surface area contributed by atoms with Crippen molar-refractivity contribution in [2.45, 2.75) is 18.4 Å². The van der Waals surface area contributed by atoms with E-state index in [9.17, 15) is 13.2 Å². The third-order valence-corrected chi connectivity index (χ3v) is 5.09. The highest BCUT2D eigenvalue weighted by Gasteiger charge is 2.22. The fourth-order valence-corrected chi connectivity index (χ4v) is 3.16. The summed E-state index contributed by atoms with van der Waals surface area (Å²) in [5.41, 5.74) is 0.251. The van der Waals surface area contributed by atoms with Crippen LogP contribution in [-0.4, -0.2) is 65.5 Å². The average Bonchev–Trinajstić information content (AvgIpc) is 2.95. The molecule has 1 aromatic heterocycles. The van der Waals surface area contributed by atoms with Crippen LogP contribution < -0.4 is 15.4 Å². The molecule has 0 bridgehead atoms. The molecule has 0 aliphatic carbocycles. The Bertz CT molecular complexity index is 641. The number of hydrogen-bond acceptors (Lipinski definition) is 6. The molecule has 0 atom stereocenters. The Balaban J connectivity index is 0.00000288. The summed E-state index contributed by atoms with van der Waals surface area (Å²) in [6.07, 6.45) is 0.851. The molecule has 1 fully saturated rings. The lowest BCUT2D eigenvalue weighted by molar-refractivity contribution is 0.0949. The van der Waals surface area contributed by atoms with Gasteiger partial charge in [0.25, 0.3) is 15.9 Å². The molecule has 1 aliphatic heterocycles. The van der Waals surface area contributed by atoms with Crippen molar-refractivity contribution >= 4 is 28.3 Å². The molecular formula is C14H25ClN4O4S. The number of rotatable bonds is 7. The molecule has 0 saturated carbocycles. The Labute approximate surface area is 148 Å². The first kappa shape index (κ1) is 20.9. The molecule has 0 aromatic carbocycles. The van der Waals surface area contributed by atoms with E-state index in [0.29, 0.717) is 12.3 Å². The number of amides is 1. The lowest BCUT2D eigenvalue weighted by Gasteiger charge is -2.27. The van der Waals surface area contributed by atoms with E-state index in [-0.39, 0.29) is 29.0 Å². The number of nitrogens with one attached hydrogen (secondary N) is 3. The number of carbonyl (C=O) groups is 1. The minimum Gasteiger partial charge on any atom is -0.448 e. The minimum absolute atomic E-state index is 0. The highest BCUT2D eigenvalue weighted by molar-refractivity contribution is 7.89. The standard InChI is InChI=1S/C14H24N4O4S.ClH/c1-11-12(10-13(22-11)23(20,21)15-2)14(19)17-4-3-7-18-8-5-16-6-9-18;/h10,15-16H,3-9H2,1-2H3,(H,17,19);1H. The first-order valence-electron chi connectivity index (χ1n) is 7.69. The van der Waals surface area contributed by atoms with Gasteiger partial charge in [-0.05, 0) is 26.9 Å². The highest BCUT2D eigenvalue weighted by Crippen LogP contribution is 2.18. The van der Waals surface area contributed by atoms with Crippen LogP contribution in [0, 0.1) is 6.92 Å². The van der Waals surface area contributed by atoms with Crippen molar-refractivity contribution in [2.75, 3.05) is 46.3 Å². The van der Waals surface area contributed by atoms with Crippen molar-refractivity contribution in [1.29, 1.82) is 0 Å². The molecule has 1 aromatic rings. The SMILES string of the molecule is CNS(=O)(=O)c1cc(C(=O)NCCCN2CCNCC2)c(C)o1.Cl. The molecule has 1 saturated heterocycles. The van der Waals surface area contributed by atoms with E-state index in [2.05, 4.69) is 20.3 Å². The summed E-state index contributed by atoms with van der Waals surface area (Å²) in [6.45, 7) is 7.12. The van der Waals surface area contributed by atoms with Crippen molar-refractivity contribution in [3.63, 3.8) is 0 Å². The number of nitrogens with zero attached hydrogens (tertiary/aromatic N) is 1. The van der Waals surface area contributed by atoms with E-state index in [1.165, 1.54) is 13.1 Å². The average molecular weight is 381 g/mol. The van der Waals surface area contributed by atoms with Crippen molar-refractivity contribution in [3.05, 3.63) is 17.4 Å². The van der Waals surface area contributed by atoms with Gasteiger partial charge in [-0.15, -0.1) is 12.4 Å². The monoisotopic (exact) mass is 380 g/mol. The van der Waals surface area contributed by atoms with Crippen LogP contribution in [0.15, 0.2) is 15.6 Å². The quantitative estimate of drug-likeness (QED) is 0.573. The maximum atomic E-state index is 12.1. The van der Waals surface area contributed by atoms with Gasteiger partial charge in [0, 0.05) is 38.8 Å². The predicted octanol–water partition coefficient (Wildman–Crippen LogP) is -0.0570. The minimum atomic E-state index is -3.68. The lowest BCUT2D eigenvalue weighted by atomic mass is 10.2. The molecule has 1 aliphatic rings. The summed E-state index contributed by atoms with van der Waals surface area (Å²) in [5.74, 6) is -0.0254. The van der Waals surface area contributed by atoms with Gasteiger partial charge in [-0.2, -0.15) is 0 Å². The second-order valence-electron chi connectivity index (χ2n) is 5.44. The van der Waals surface area contributed by atoms with Crippen molar-refractivity contribution < 1.29 is 17.6 Å². The van der Waals surface area contributed by atoms with E-state index >= 15 is 0 Å². The number of piperazine rings is 1. The van der Waals surface area contributed by atoms with Gasteiger partial charge < -0.3 is 20.0 Å². The first-order valence-corrected chi connectivity index (χ1v) is 9.17. The molecule has 2 heterocycles. The fourth-order valence-electron chi connectivity index (χ4n) is 2.45. The van der Waals surface area contributed by atoms with E-state index in [0.717, 1.165) is 39.1 Å². The topological polar surface area (TPSA) is 104 Å². The van der Waals surface area contributed by atoms with Crippen molar-refractivity contribution in [2.24, 2.45) is 0 Å². The summed E-state index contributed by atoms with van der Waals surface area (Å²) in [6, 6.07) is 1.26. The Morgan fingerprint density at radius 2 is 2.04 bits per heavy atom. The number of aryl methyl sites for hydroxylation is 1. The maximum Gasteiger partial charge on any atom is 0.273 e. The van der Waals surface area contributed by atoms with E-state index < -0.39 is 10.0 Å². The molecule has 1 amide bonds. The molecule has 0 unspecified atom stereocenters. The molecule has 10 heteroatoms. The van der Waals surface area contributed by atoms with Crippen molar-refractivity contribution in [3.8, 4) is 0 Å². The maximum absolute atomic E-state index is 12.1. The van der Waals surface area contributed by atoms with Gasteiger partial charge in [-0.25, -0.2) is 13.1 Å². The molecular weight excluding hydrogens is 356 g/mol. The predicted molar refractivity (Wildman–Crippen MR) is 93.2 cm³/mol. The van der Waals surface area contributed by atoms with E-state index in [4.69, 9.17) is 4.42 Å². The highest BCUT2D eigenvalue weighted by atomic mass is 35.5. The Kier molecular flexibility index (Phi) is 8.17. The smallest absolute Gasteiger partial charge is 0.273 e. The van der Waals surface area contributed by atoms with Crippen LogP contribution >= 0.6 is 12.4 Å². The van der Waals surface area contributed by atoms with Gasteiger partial charge in [0.1, 0.15) is 5.76 Å². The van der Waals surface area contributed by atoms with Crippen LogP contribution in [0.25, 0.3) is 0 Å². The second-order valence-corrected chi connectivity index (χ2v) is 7.26. The van der Waals surface area contributed by atoms with Gasteiger partial charge in [0.05, 0.1) is 5.56 Å². The third-order valence-electron chi connectivity index (χ3n) is 3.82. The van der Waals surface area contributed by atoms with Crippen LogP contribution in [0.5, 0.6) is 0 Å². The number of sulfonamides is 1. The number of carbonyl (C=O) groups excluding carboxylic acids is 1. The Morgan fingerprint density at radius 1 is 1.38 bits per heavy atom. The van der Waals surface area contributed by atoms with Crippen LogP contribution in [0.2, 0.25) is 0 Å². The van der Waals surface area contributed by atoms with Gasteiger partial charge >= 0.3 is 0 Å². The van der Waals surface area contributed by atoms with Gasteiger partial charge in [-0.3, -0.25) is 4.79 Å². The summed E-state index contributed by atoms with van der Waals surface area (Å²) < 4.78 is 30.7. The largest absolute Gasteiger partial charge is 0.448 e. The Morgan fingerprint density at radius 3 is 2.67 bits per heavy atom. The molecule has 3 N–H and O–H groups in total. The number of halogens is 1. The zero-order valence-corrected chi connectivity index (χ0v) is 15.6. The zero-order valence-electron chi connectivity index (χ0n) is 13.9. The zero-order chi connectivity index (χ0) is 16.9. The second kappa shape index (κ2) is 9.38. The van der Waals surface area contributed by atoms with Crippen LogP contribution in [0.4, 0.5) is 0 Å². The lowest BCUT2D eigenvalue weighted by Crippen LogP contribution is -2.44. The third kappa shape index (κ3) is 5.45. The van der Waals surface area contributed by atoms with E-state index in [1.54, 1.807) is 6.92 Å². The molecule has 0 spiro atoms. The van der Waals surface area contributed by atoms with Gasteiger partial charge in [-0.1, -0.05) is 0 Å². The molecule has 138 valence electrons. The van der Waals surface area contributed by atoms with Crippen LogP contribution in [0.1, 0.15) is 22.5 Å². The summed E-state index contributed by atoms with van der Waals surface area (Å²) in [7, 11) is -2.39. The normalized spacial score (nSPS) is 15.8. The fraction of sp³-hybridized carbons (Fsp3) is 0.643. The first-order chi connectivity index (χ1) is 10.9. The number of furan rings is 1. The van der Waals surface area contributed by atoms with Crippen molar-refractivity contribution in [1.82, 2.24) is 20.3 Å². The molecule has 2 rings (SSSR count). The van der Waals surface area contributed by atoms with Crippen LogP contribution in [0.3, 0.4) is 0 Å². The van der Waals surface area contributed by atoms with Crippen LogP contribution in [-0.2, 0) is 10.0 Å². The van der Waals surface area contributed by atoms with Gasteiger partial charge in [0.15, 0.2) is 0 Å².